The predicted molar refractivity (Wildman–Crippen MR) is 79.0 cm³/mol. The van der Waals surface area contributed by atoms with Gasteiger partial charge in [-0.25, -0.2) is 0 Å². The first-order valence-corrected chi connectivity index (χ1v) is 6.98. The van der Waals surface area contributed by atoms with Gasteiger partial charge in [-0.05, 0) is 47.6 Å². The van der Waals surface area contributed by atoms with Crippen molar-refractivity contribution in [2.75, 3.05) is 37.9 Å². The Hall–Kier alpha value is -1.11. The van der Waals surface area contributed by atoms with E-state index in [1.165, 1.54) is 0 Å². The van der Waals surface area contributed by atoms with Crippen molar-refractivity contribution >= 4 is 33.2 Å². The normalized spacial score (nSPS) is 18.8. The number of hydrogen-bond donors (Lipinski definition) is 2. The summed E-state index contributed by atoms with van der Waals surface area (Å²) in [6.07, 6.45) is 0.981. The Morgan fingerprint density at radius 2 is 2.42 bits per heavy atom. The molecule has 3 N–H and O–H groups in total. The van der Waals surface area contributed by atoms with Gasteiger partial charge >= 0.3 is 0 Å². The van der Waals surface area contributed by atoms with E-state index in [-0.39, 0.29) is 5.91 Å². The zero-order valence-corrected chi connectivity index (χ0v) is 12.4. The Labute approximate surface area is 121 Å². The van der Waals surface area contributed by atoms with E-state index in [0.29, 0.717) is 24.9 Å². The van der Waals surface area contributed by atoms with Crippen LogP contribution in [-0.4, -0.2) is 43.7 Å². The van der Waals surface area contributed by atoms with Crippen molar-refractivity contribution in [2.24, 2.45) is 0 Å². The molecule has 1 aliphatic rings. The molecule has 0 aromatic heterocycles. The first-order valence-electron chi connectivity index (χ1n) is 6.19. The van der Waals surface area contributed by atoms with Gasteiger partial charge in [-0.1, -0.05) is 0 Å². The van der Waals surface area contributed by atoms with Crippen molar-refractivity contribution in [2.45, 2.75) is 12.5 Å². The van der Waals surface area contributed by atoms with Gasteiger partial charge in [0.05, 0.1) is 18.8 Å². The summed E-state index contributed by atoms with van der Waals surface area (Å²) in [4.78, 5) is 14.0. The number of rotatable bonds is 4. The summed E-state index contributed by atoms with van der Waals surface area (Å²) >= 11 is 3.38. The van der Waals surface area contributed by atoms with Gasteiger partial charge in [-0.2, -0.15) is 0 Å². The molecule has 1 amide bonds. The van der Waals surface area contributed by atoms with Crippen LogP contribution in [0.2, 0.25) is 0 Å². The molecule has 1 aliphatic heterocycles. The number of likely N-dealkylation sites (N-methyl/N-ethyl adjacent to an activating group) is 1. The molecule has 0 radical (unpaired) electrons. The van der Waals surface area contributed by atoms with E-state index in [1.807, 2.05) is 11.9 Å². The van der Waals surface area contributed by atoms with Crippen LogP contribution in [0.5, 0.6) is 0 Å². The summed E-state index contributed by atoms with van der Waals surface area (Å²) in [5.41, 5.74) is 7.05. The van der Waals surface area contributed by atoms with Gasteiger partial charge in [0.25, 0.3) is 0 Å². The quantitative estimate of drug-likeness (QED) is 0.826. The SMILES string of the molecule is CN(CC(=O)Nc1ccc(N)cc1Br)C1CCOC1. The summed E-state index contributed by atoms with van der Waals surface area (Å²) in [5, 5.41) is 2.87. The van der Waals surface area contributed by atoms with Crippen LogP contribution in [0.4, 0.5) is 11.4 Å². The summed E-state index contributed by atoms with van der Waals surface area (Å²) in [6.45, 7) is 1.83. The van der Waals surface area contributed by atoms with Gasteiger partial charge < -0.3 is 15.8 Å². The van der Waals surface area contributed by atoms with Crippen molar-refractivity contribution in [1.29, 1.82) is 0 Å². The molecule has 1 fully saturated rings. The fraction of sp³-hybridized carbons (Fsp3) is 0.462. The number of anilines is 2. The second-order valence-electron chi connectivity index (χ2n) is 4.72. The monoisotopic (exact) mass is 327 g/mol. The molecular formula is C13H18BrN3O2. The topological polar surface area (TPSA) is 67.6 Å². The number of amides is 1. The third-order valence-corrected chi connectivity index (χ3v) is 3.85. The highest BCUT2D eigenvalue weighted by atomic mass is 79.9. The highest BCUT2D eigenvalue weighted by Gasteiger charge is 2.21. The third-order valence-electron chi connectivity index (χ3n) is 3.19. The van der Waals surface area contributed by atoms with E-state index in [4.69, 9.17) is 10.5 Å². The Morgan fingerprint density at radius 3 is 3.05 bits per heavy atom. The first kappa shape index (κ1) is 14.3. The summed E-state index contributed by atoms with van der Waals surface area (Å²) in [5.74, 6) is -0.0418. The lowest BCUT2D eigenvalue weighted by atomic mass is 10.2. The number of carbonyl (C=O) groups is 1. The van der Waals surface area contributed by atoms with Crippen LogP contribution in [0.3, 0.4) is 0 Å². The average molecular weight is 328 g/mol. The minimum Gasteiger partial charge on any atom is -0.399 e. The average Bonchev–Trinajstić information content (AvgIpc) is 2.86. The van der Waals surface area contributed by atoms with E-state index in [9.17, 15) is 4.79 Å². The minimum absolute atomic E-state index is 0.0418. The largest absolute Gasteiger partial charge is 0.399 e. The number of ether oxygens (including phenoxy) is 1. The first-order chi connectivity index (χ1) is 9.06. The van der Waals surface area contributed by atoms with Crippen LogP contribution in [-0.2, 0) is 9.53 Å². The zero-order chi connectivity index (χ0) is 13.8. The molecule has 1 saturated heterocycles. The molecular weight excluding hydrogens is 310 g/mol. The van der Waals surface area contributed by atoms with Crippen LogP contribution in [0, 0.1) is 0 Å². The van der Waals surface area contributed by atoms with Gasteiger partial charge in [0.1, 0.15) is 0 Å². The number of hydrogen-bond acceptors (Lipinski definition) is 4. The molecule has 6 heteroatoms. The Morgan fingerprint density at radius 1 is 1.63 bits per heavy atom. The van der Waals surface area contributed by atoms with Crippen molar-refractivity contribution < 1.29 is 9.53 Å². The van der Waals surface area contributed by atoms with Crippen LogP contribution in [0.1, 0.15) is 6.42 Å². The highest BCUT2D eigenvalue weighted by molar-refractivity contribution is 9.10. The van der Waals surface area contributed by atoms with Crippen LogP contribution < -0.4 is 11.1 Å². The molecule has 5 nitrogen and oxygen atoms in total. The van der Waals surface area contributed by atoms with Crippen molar-refractivity contribution in [1.82, 2.24) is 4.90 Å². The maximum atomic E-state index is 12.0. The number of benzene rings is 1. The maximum absolute atomic E-state index is 12.0. The summed E-state index contributed by atoms with van der Waals surface area (Å²) < 4.78 is 6.10. The van der Waals surface area contributed by atoms with Gasteiger partial charge in [0.15, 0.2) is 0 Å². The fourth-order valence-corrected chi connectivity index (χ4v) is 2.54. The Bertz CT molecular complexity index is 461. The molecule has 0 spiro atoms. The predicted octanol–water partition coefficient (Wildman–Crippen LogP) is 1.69. The second kappa shape index (κ2) is 6.36. The number of nitrogen functional groups attached to an aromatic ring is 1. The lowest BCUT2D eigenvalue weighted by molar-refractivity contribution is -0.117. The molecule has 19 heavy (non-hydrogen) atoms. The van der Waals surface area contributed by atoms with E-state index < -0.39 is 0 Å². The summed E-state index contributed by atoms with van der Waals surface area (Å²) in [6, 6.07) is 5.65. The third kappa shape index (κ3) is 3.92. The van der Waals surface area contributed by atoms with Crippen LogP contribution in [0.25, 0.3) is 0 Å². The number of nitrogens with one attached hydrogen (secondary N) is 1. The number of halogens is 1. The molecule has 0 bridgehead atoms. The lowest BCUT2D eigenvalue weighted by Gasteiger charge is -2.22. The number of nitrogens with zero attached hydrogens (tertiary/aromatic N) is 1. The van der Waals surface area contributed by atoms with Gasteiger partial charge in [-0.15, -0.1) is 0 Å². The minimum atomic E-state index is -0.0418. The zero-order valence-electron chi connectivity index (χ0n) is 10.9. The van der Waals surface area contributed by atoms with Crippen molar-refractivity contribution in [3.63, 3.8) is 0 Å². The van der Waals surface area contributed by atoms with Crippen molar-refractivity contribution in [3.8, 4) is 0 Å². The van der Waals surface area contributed by atoms with Crippen LogP contribution >= 0.6 is 15.9 Å². The summed E-state index contributed by atoms with van der Waals surface area (Å²) in [7, 11) is 1.94. The molecule has 104 valence electrons. The standard InChI is InChI=1S/C13H18BrN3O2/c1-17(10-4-5-19-8-10)7-13(18)16-12-3-2-9(15)6-11(12)14/h2-3,6,10H,4-5,7-8,15H2,1H3,(H,16,18). The highest BCUT2D eigenvalue weighted by Crippen LogP contribution is 2.24. The van der Waals surface area contributed by atoms with E-state index in [0.717, 1.165) is 23.2 Å². The molecule has 1 atom stereocenters. The van der Waals surface area contributed by atoms with Gasteiger partial charge in [0.2, 0.25) is 5.91 Å². The fourth-order valence-electron chi connectivity index (χ4n) is 2.05. The molecule has 0 saturated carbocycles. The van der Waals surface area contributed by atoms with Gasteiger partial charge in [0, 0.05) is 22.8 Å². The van der Waals surface area contributed by atoms with Gasteiger partial charge in [-0.3, -0.25) is 9.69 Å². The second-order valence-corrected chi connectivity index (χ2v) is 5.57. The molecule has 1 aromatic carbocycles. The molecule has 2 rings (SSSR count). The lowest BCUT2D eigenvalue weighted by Crippen LogP contribution is -2.38. The number of carbonyl (C=O) groups excluding carboxylic acids is 1. The molecule has 1 aromatic rings. The van der Waals surface area contributed by atoms with E-state index in [1.54, 1.807) is 18.2 Å². The van der Waals surface area contributed by atoms with Crippen LogP contribution in [0.15, 0.2) is 22.7 Å². The molecule has 1 unspecified atom stereocenters. The number of nitrogens with two attached hydrogens (primary N) is 1. The van der Waals surface area contributed by atoms with Crippen molar-refractivity contribution in [3.05, 3.63) is 22.7 Å². The maximum Gasteiger partial charge on any atom is 0.238 e. The molecule has 1 heterocycles. The van der Waals surface area contributed by atoms with E-state index in [2.05, 4.69) is 21.2 Å². The van der Waals surface area contributed by atoms with E-state index >= 15 is 0 Å². The molecule has 0 aliphatic carbocycles. The Kier molecular flexibility index (Phi) is 4.79. The smallest absolute Gasteiger partial charge is 0.238 e. The Balaban J connectivity index is 1.89.